The van der Waals surface area contributed by atoms with Crippen LogP contribution < -0.4 is 0 Å². The van der Waals surface area contributed by atoms with Gasteiger partial charge in [0.25, 0.3) is 0 Å². The van der Waals surface area contributed by atoms with E-state index in [2.05, 4.69) is 75.3 Å². The highest BCUT2D eigenvalue weighted by Gasteiger charge is 2.25. The molecule has 0 heterocycles. The normalized spacial score (nSPS) is 26.0. The van der Waals surface area contributed by atoms with Gasteiger partial charge in [-0.2, -0.15) is 0 Å². The Bertz CT molecular complexity index is 438. The maximum Gasteiger partial charge on any atom is 0 e. The van der Waals surface area contributed by atoms with Gasteiger partial charge in [-0.25, -0.2) is 0 Å². The minimum Gasteiger partial charge on any atom is -0.0776 e. The van der Waals surface area contributed by atoms with Crippen LogP contribution in [0.2, 0.25) is 0 Å². The van der Waals surface area contributed by atoms with Crippen LogP contribution in [0.3, 0.4) is 0 Å². The molecular formula is C26H50I2. The zero-order chi connectivity index (χ0) is 17.4. The Morgan fingerprint density at radius 2 is 1.07 bits per heavy atom. The third-order valence-electron chi connectivity index (χ3n) is 6.41. The summed E-state index contributed by atoms with van der Waals surface area (Å²) in [7, 11) is 0. The fourth-order valence-electron chi connectivity index (χ4n) is 4.77. The third-order valence-corrected chi connectivity index (χ3v) is 6.41. The average Bonchev–Trinajstić information content (AvgIpc) is 2.62. The highest BCUT2D eigenvalue weighted by atomic mass is 128. The van der Waals surface area contributed by atoms with Gasteiger partial charge in [-0.1, -0.05) is 105 Å². The minimum absolute atomic E-state index is 0. The quantitative estimate of drug-likeness (QED) is 0.295. The summed E-state index contributed by atoms with van der Waals surface area (Å²) in [6.45, 7) is 4.62. The molecular weight excluding hydrogens is 566 g/mol. The molecule has 0 radical (unpaired) electrons. The van der Waals surface area contributed by atoms with E-state index in [1.807, 2.05) is 0 Å². The average molecular weight is 616 g/mol. The van der Waals surface area contributed by atoms with Crippen LogP contribution in [-0.4, -0.2) is 0 Å². The van der Waals surface area contributed by atoms with Crippen LogP contribution >= 0.6 is 37.2 Å². The van der Waals surface area contributed by atoms with E-state index in [0.717, 1.165) is 23.7 Å². The Hall–Kier alpha value is 0.680. The molecule has 0 spiro atoms. The molecule has 3 rings (SSSR count). The maximum atomic E-state index is 2.44. The standard InChI is InChI=1S/C22H34.4CH4.I2/c1-17-3-7-19(8-4-17)15-21-11-13-22(14-12-21)16-20-9-5-18(2)6-10-20;;;;;1-2/h3-4,7-8,18,20-22H,5-6,9-16H2,1-2H3;4*1H4;. The number of halogens is 2. The molecule has 28 heavy (non-hydrogen) atoms. The van der Waals surface area contributed by atoms with Crippen LogP contribution in [0.15, 0.2) is 24.3 Å². The summed E-state index contributed by atoms with van der Waals surface area (Å²) in [5, 5.41) is 0. The van der Waals surface area contributed by atoms with Gasteiger partial charge >= 0.3 is 0 Å². The number of hydrogen-bond donors (Lipinski definition) is 0. The molecule has 0 N–H and O–H groups in total. The Morgan fingerprint density at radius 3 is 1.54 bits per heavy atom. The smallest absolute Gasteiger partial charge is 0 e. The SMILES string of the molecule is C.C.C.C.Cc1ccc(CC2CCC(CC3CCC(C)CC3)CC2)cc1.II. The van der Waals surface area contributed by atoms with E-state index in [9.17, 15) is 0 Å². The lowest BCUT2D eigenvalue weighted by Crippen LogP contribution is -2.21. The molecule has 1 aromatic carbocycles. The lowest BCUT2D eigenvalue weighted by atomic mass is 9.72. The summed E-state index contributed by atoms with van der Waals surface area (Å²) < 4.78 is 0. The van der Waals surface area contributed by atoms with Gasteiger partial charge in [0.2, 0.25) is 0 Å². The predicted octanol–water partition coefficient (Wildman–Crippen LogP) is 10.9. The summed E-state index contributed by atoms with van der Waals surface area (Å²) in [5.74, 6) is 4.06. The largest absolute Gasteiger partial charge is 0.0776 e. The fraction of sp³-hybridized carbons (Fsp3) is 0.769. The van der Waals surface area contributed by atoms with E-state index >= 15 is 0 Å². The molecule has 1 aromatic rings. The van der Waals surface area contributed by atoms with E-state index < -0.39 is 0 Å². The molecule has 0 bridgehead atoms. The van der Waals surface area contributed by atoms with Crippen molar-refractivity contribution in [1.29, 1.82) is 0 Å². The predicted molar refractivity (Wildman–Crippen MR) is 151 cm³/mol. The molecule has 2 aliphatic carbocycles. The van der Waals surface area contributed by atoms with Crippen molar-refractivity contribution in [3.63, 3.8) is 0 Å². The van der Waals surface area contributed by atoms with Crippen LogP contribution in [0.1, 0.15) is 106 Å². The third kappa shape index (κ3) is 11.8. The van der Waals surface area contributed by atoms with Crippen LogP contribution in [0.5, 0.6) is 0 Å². The van der Waals surface area contributed by atoms with Crippen molar-refractivity contribution in [2.45, 2.75) is 108 Å². The van der Waals surface area contributed by atoms with E-state index in [0.29, 0.717) is 0 Å². The van der Waals surface area contributed by atoms with Crippen molar-refractivity contribution in [1.82, 2.24) is 0 Å². The van der Waals surface area contributed by atoms with Gasteiger partial charge in [-0.05, 0) is 61.8 Å². The number of rotatable bonds is 4. The highest BCUT2D eigenvalue weighted by molar-refractivity contribution is 15.0. The molecule has 2 aliphatic rings. The van der Waals surface area contributed by atoms with E-state index in [4.69, 9.17) is 0 Å². The van der Waals surface area contributed by atoms with Gasteiger partial charge in [0.05, 0.1) is 0 Å². The first-order valence-corrected chi connectivity index (χ1v) is 16.2. The van der Waals surface area contributed by atoms with Crippen molar-refractivity contribution >= 4 is 37.2 Å². The molecule has 2 fully saturated rings. The van der Waals surface area contributed by atoms with Crippen LogP contribution in [0.25, 0.3) is 0 Å². The number of benzene rings is 1. The Morgan fingerprint density at radius 1 is 0.679 bits per heavy atom. The second-order valence-electron chi connectivity index (χ2n) is 8.44. The van der Waals surface area contributed by atoms with Crippen molar-refractivity contribution in [3.05, 3.63) is 35.4 Å². The van der Waals surface area contributed by atoms with E-state index in [1.165, 1.54) is 63.4 Å². The molecule has 2 saturated carbocycles. The van der Waals surface area contributed by atoms with E-state index in [-0.39, 0.29) is 29.7 Å². The zero-order valence-electron chi connectivity index (χ0n) is 15.4. The molecule has 0 aromatic heterocycles. The van der Waals surface area contributed by atoms with Crippen molar-refractivity contribution in [2.75, 3.05) is 0 Å². The van der Waals surface area contributed by atoms with Crippen LogP contribution in [0.4, 0.5) is 0 Å². The Balaban J connectivity index is -0.00000101. The fourth-order valence-corrected chi connectivity index (χ4v) is 4.77. The zero-order valence-corrected chi connectivity index (χ0v) is 19.8. The Kier molecular flexibility index (Phi) is 22.0. The monoisotopic (exact) mass is 616 g/mol. The van der Waals surface area contributed by atoms with E-state index in [1.54, 1.807) is 12.0 Å². The molecule has 0 nitrogen and oxygen atoms in total. The molecule has 0 unspecified atom stereocenters. The Labute approximate surface area is 202 Å². The summed E-state index contributed by atoms with van der Waals surface area (Å²) in [6.07, 6.45) is 14.8. The second kappa shape index (κ2) is 18.4. The van der Waals surface area contributed by atoms with Gasteiger partial charge in [0.1, 0.15) is 0 Å². The van der Waals surface area contributed by atoms with Crippen molar-refractivity contribution in [2.24, 2.45) is 23.7 Å². The molecule has 0 atom stereocenters. The molecule has 0 saturated heterocycles. The van der Waals surface area contributed by atoms with Crippen LogP contribution in [0, 0.1) is 30.6 Å². The van der Waals surface area contributed by atoms with Crippen molar-refractivity contribution < 1.29 is 0 Å². The lowest BCUT2D eigenvalue weighted by molar-refractivity contribution is 0.195. The van der Waals surface area contributed by atoms with Gasteiger partial charge in [0.15, 0.2) is 0 Å². The maximum absolute atomic E-state index is 2.44. The van der Waals surface area contributed by atoms with Gasteiger partial charge in [0, 0.05) is 37.2 Å². The first kappa shape index (κ1) is 33.3. The number of hydrogen-bond acceptors (Lipinski definition) is 0. The topological polar surface area (TPSA) is 0 Å². The summed E-state index contributed by atoms with van der Waals surface area (Å²) >= 11 is 4.24. The van der Waals surface area contributed by atoms with Crippen molar-refractivity contribution in [3.8, 4) is 0 Å². The molecule has 168 valence electrons. The lowest BCUT2D eigenvalue weighted by Gasteiger charge is -2.33. The molecule has 0 aliphatic heterocycles. The second-order valence-corrected chi connectivity index (χ2v) is 8.44. The van der Waals surface area contributed by atoms with Gasteiger partial charge in [-0.3, -0.25) is 0 Å². The first-order chi connectivity index (χ1) is 11.7. The summed E-state index contributed by atoms with van der Waals surface area (Å²) in [6, 6.07) is 9.21. The molecule has 2 heteroatoms. The highest BCUT2D eigenvalue weighted by Crippen LogP contribution is 2.38. The molecule has 0 amide bonds. The first-order valence-electron chi connectivity index (χ1n) is 9.89. The van der Waals surface area contributed by atoms with Crippen LogP contribution in [-0.2, 0) is 6.42 Å². The summed E-state index contributed by atoms with van der Waals surface area (Å²) in [4.78, 5) is 0. The minimum atomic E-state index is 0. The summed E-state index contributed by atoms with van der Waals surface area (Å²) in [5.41, 5.74) is 2.93. The van der Waals surface area contributed by atoms with Gasteiger partial charge < -0.3 is 0 Å². The van der Waals surface area contributed by atoms with Gasteiger partial charge in [-0.15, -0.1) is 0 Å². The number of aryl methyl sites for hydroxylation is 1.